The van der Waals surface area contributed by atoms with Crippen LogP contribution >= 0.6 is 11.6 Å². The van der Waals surface area contributed by atoms with Crippen LogP contribution in [-0.4, -0.2) is 18.7 Å². The Hall–Kier alpha value is -0.730. The number of quaternary nitrogens is 1. The van der Waals surface area contributed by atoms with Gasteiger partial charge < -0.3 is 10.1 Å². The van der Waals surface area contributed by atoms with E-state index in [0.29, 0.717) is 5.54 Å². The summed E-state index contributed by atoms with van der Waals surface area (Å²) < 4.78 is 5.62. The Morgan fingerprint density at radius 1 is 1.12 bits per heavy atom. The van der Waals surface area contributed by atoms with Gasteiger partial charge in [0, 0.05) is 5.02 Å². The molecule has 0 amide bonds. The van der Waals surface area contributed by atoms with Gasteiger partial charge in [0.15, 0.2) is 0 Å². The van der Waals surface area contributed by atoms with E-state index in [-0.39, 0.29) is 0 Å². The maximum absolute atomic E-state index is 5.80. The number of nitrogens with two attached hydrogens (primary N) is 1. The van der Waals surface area contributed by atoms with E-state index < -0.39 is 0 Å². The average Bonchev–Trinajstić information content (AvgIpc) is 2.24. The normalized spacial score (nSPS) is 11.5. The van der Waals surface area contributed by atoms with Crippen molar-refractivity contribution in [2.45, 2.75) is 39.2 Å². The monoisotopic (exact) mass is 256 g/mol. The Morgan fingerprint density at radius 3 is 2.35 bits per heavy atom. The summed E-state index contributed by atoms with van der Waals surface area (Å²) in [7, 11) is 0. The number of rotatable bonds is 6. The highest BCUT2D eigenvalue weighted by atomic mass is 35.5. The van der Waals surface area contributed by atoms with Crippen LogP contribution in [0.1, 0.15) is 33.6 Å². The van der Waals surface area contributed by atoms with Crippen molar-refractivity contribution in [2.24, 2.45) is 0 Å². The fourth-order valence-electron chi connectivity index (χ4n) is 1.50. The lowest BCUT2D eigenvalue weighted by molar-refractivity contribution is -0.717. The minimum absolute atomic E-state index is 0.330. The first-order valence-corrected chi connectivity index (χ1v) is 6.58. The van der Waals surface area contributed by atoms with E-state index in [4.69, 9.17) is 16.3 Å². The first kappa shape index (κ1) is 14.3. The summed E-state index contributed by atoms with van der Waals surface area (Å²) in [5, 5.41) is 3.12. The second-order valence-corrected chi connectivity index (χ2v) is 5.80. The van der Waals surface area contributed by atoms with Crippen LogP contribution in [0, 0.1) is 0 Å². The molecule has 1 rings (SSSR count). The van der Waals surface area contributed by atoms with Crippen LogP contribution in [0.2, 0.25) is 5.02 Å². The van der Waals surface area contributed by atoms with E-state index in [1.165, 1.54) is 6.42 Å². The van der Waals surface area contributed by atoms with Crippen LogP contribution in [0.3, 0.4) is 0 Å². The molecule has 0 saturated carbocycles. The van der Waals surface area contributed by atoms with Crippen LogP contribution in [0.15, 0.2) is 24.3 Å². The van der Waals surface area contributed by atoms with Crippen molar-refractivity contribution in [1.82, 2.24) is 0 Å². The Balaban J connectivity index is 2.07. The highest BCUT2D eigenvalue weighted by Crippen LogP contribution is 2.15. The van der Waals surface area contributed by atoms with Crippen molar-refractivity contribution in [2.75, 3.05) is 13.2 Å². The predicted molar refractivity (Wildman–Crippen MR) is 72.7 cm³/mol. The zero-order valence-corrected chi connectivity index (χ0v) is 11.8. The van der Waals surface area contributed by atoms with Crippen LogP contribution in [0.25, 0.3) is 0 Å². The number of unbranched alkanes of at least 4 members (excludes halogenated alkanes) is 1. The van der Waals surface area contributed by atoms with Crippen LogP contribution in [0.4, 0.5) is 0 Å². The zero-order valence-electron chi connectivity index (χ0n) is 11.0. The molecule has 0 radical (unpaired) electrons. The molecule has 0 bridgehead atoms. The standard InChI is InChI=1S/C14H22ClNO/c1-14(2,3)16-10-4-5-11-17-13-8-6-12(15)7-9-13/h6-9,16H,4-5,10-11H2,1-3H3/p+1. The molecule has 1 aromatic rings. The van der Waals surface area contributed by atoms with Gasteiger partial charge in [-0.05, 0) is 57.9 Å². The Bertz CT molecular complexity index is 316. The highest BCUT2D eigenvalue weighted by molar-refractivity contribution is 6.30. The molecular weight excluding hydrogens is 234 g/mol. The number of benzene rings is 1. The van der Waals surface area contributed by atoms with Crippen molar-refractivity contribution in [3.8, 4) is 5.75 Å². The van der Waals surface area contributed by atoms with Crippen LogP contribution < -0.4 is 10.1 Å². The molecule has 2 N–H and O–H groups in total. The van der Waals surface area contributed by atoms with E-state index >= 15 is 0 Å². The molecule has 0 aromatic heterocycles. The summed E-state index contributed by atoms with van der Waals surface area (Å²) in [6.45, 7) is 8.64. The van der Waals surface area contributed by atoms with Crippen molar-refractivity contribution in [1.29, 1.82) is 0 Å². The van der Waals surface area contributed by atoms with Crippen molar-refractivity contribution >= 4 is 11.6 Å². The molecule has 0 fully saturated rings. The van der Waals surface area contributed by atoms with E-state index in [0.717, 1.165) is 30.3 Å². The maximum atomic E-state index is 5.80. The molecule has 17 heavy (non-hydrogen) atoms. The van der Waals surface area contributed by atoms with Gasteiger partial charge in [-0.15, -0.1) is 0 Å². The third kappa shape index (κ3) is 7.24. The first-order chi connectivity index (χ1) is 7.97. The van der Waals surface area contributed by atoms with E-state index in [1.807, 2.05) is 24.3 Å². The van der Waals surface area contributed by atoms with Crippen LogP contribution in [0.5, 0.6) is 5.75 Å². The lowest BCUT2D eigenvalue weighted by Crippen LogP contribution is -2.94. The predicted octanol–water partition coefficient (Wildman–Crippen LogP) is 2.86. The van der Waals surface area contributed by atoms with Crippen molar-refractivity contribution < 1.29 is 10.1 Å². The third-order valence-electron chi connectivity index (χ3n) is 2.44. The molecule has 0 heterocycles. The highest BCUT2D eigenvalue weighted by Gasteiger charge is 2.11. The van der Waals surface area contributed by atoms with Crippen LogP contribution in [-0.2, 0) is 0 Å². The largest absolute Gasteiger partial charge is 0.494 e. The summed E-state index contributed by atoms with van der Waals surface area (Å²) in [6, 6.07) is 7.52. The van der Waals surface area contributed by atoms with Gasteiger partial charge in [0.1, 0.15) is 5.75 Å². The minimum Gasteiger partial charge on any atom is -0.494 e. The SMILES string of the molecule is CC(C)(C)[NH2+]CCCCOc1ccc(Cl)cc1. The molecule has 2 nitrogen and oxygen atoms in total. The van der Waals surface area contributed by atoms with Crippen molar-refractivity contribution in [3.63, 3.8) is 0 Å². The van der Waals surface area contributed by atoms with Gasteiger partial charge in [0.2, 0.25) is 0 Å². The number of halogens is 1. The summed E-state index contributed by atoms with van der Waals surface area (Å²) in [4.78, 5) is 0. The van der Waals surface area contributed by atoms with E-state index in [9.17, 15) is 0 Å². The summed E-state index contributed by atoms with van der Waals surface area (Å²) >= 11 is 5.80. The maximum Gasteiger partial charge on any atom is 0.119 e. The van der Waals surface area contributed by atoms with Gasteiger partial charge in [-0.25, -0.2) is 0 Å². The Morgan fingerprint density at radius 2 is 1.76 bits per heavy atom. The molecule has 0 aliphatic rings. The second-order valence-electron chi connectivity index (χ2n) is 5.37. The fourth-order valence-corrected chi connectivity index (χ4v) is 1.63. The molecule has 96 valence electrons. The molecule has 0 saturated heterocycles. The zero-order chi connectivity index (χ0) is 12.7. The number of hydrogen-bond acceptors (Lipinski definition) is 1. The first-order valence-electron chi connectivity index (χ1n) is 6.20. The molecule has 0 aliphatic heterocycles. The summed E-state index contributed by atoms with van der Waals surface area (Å²) in [5.74, 6) is 0.897. The molecule has 1 aromatic carbocycles. The van der Waals surface area contributed by atoms with Crippen molar-refractivity contribution in [3.05, 3.63) is 29.3 Å². The Labute approximate surface area is 109 Å². The number of ether oxygens (including phenoxy) is 1. The number of hydrogen-bond donors (Lipinski definition) is 1. The van der Waals surface area contributed by atoms with Gasteiger partial charge >= 0.3 is 0 Å². The van der Waals surface area contributed by atoms with Gasteiger partial charge in [-0.2, -0.15) is 0 Å². The molecule has 3 heteroatoms. The lowest BCUT2D eigenvalue weighted by Gasteiger charge is -2.16. The van der Waals surface area contributed by atoms with E-state index in [2.05, 4.69) is 26.1 Å². The molecular formula is C14H23ClNO+. The topological polar surface area (TPSA) is 25.8 Å². The lowest BCUT2D eigenvalue weighted by atomic mass is 10.1. The molecule has 0 unspecified atom stereocenters. The third-order valence-corrected chi connectivity index (χ3v) is 2.69. The fraction of sp³-hybridized carbons (Fsp3) is 0.571. The quantitative estimate of drug-likeness (QED) is 0.779. The van der Waals surface area contributed by atoms with E-state index in [1.54, 1.807) is 0 Å². The van der Waals surface area contributed by atoms with Gasteiger partial charge in [0.05, 0.1) is 18.7 Å². The van der Waals surface area contributed by atoms with Gasteiger partial charge in [-0.1, -0.05) is 11.6 Å². The smallest absolute Gasteiger partial charge is 0.119 e. The molecule has 0 atom stereocenters. The second kappa shape index (κ2) is 6.87. The summed E-state index contributed by atoms with van der Waals surface area (Å²) in [5.41, 5.74) is 0.330. The molecule has 0 aliphatic carbocycles. The molecule has 0 spiro atoms. The van der Waals surface area contributed by atoms with Gasteiger partial charge in [0.25, 0.3) is 0 Å². The summed E-state index contributed by atoms with van der Waals surface area (Å²) in [6.07, 6.45) is 2.28. The van der Waals surface area contributed by atoms with Gasteiger partial charge in [-0.3, -0.25) is 0 Å². The minimum atomic E-state index is 0.330. The Kier molecular flexibility index (Phi) is 5.79. The average molecular weight is 257 g/mol.